The van der Waals surface area contributed by atoms with Crippen LogP contribution in [0.4, 0.5) is 5.00 Å². The van der Waals surface area contributed by atoms with Gasteiger partial charge in [0.05, 0.1) is 5.56 Å². The fraction of sp³-hybridized carbons (Fsp3) is 0.312. The highest BCUT2D eigenvalue weighted by Crippen LogP contribution is 2.31. The zero-order valence-corrected chi connectivity index (χ0v) is 14.6. The fourth-order valence-electron chi connectivity index (χ4n) is 2.52. The molecule has 0 fully saturated rings. The van der Waals surface area contributed by atoms with Gasteiger partial charge in [0.25, 0.3) is 11.8 Å². The normalized spacial score (nSPS) is 14.0. The molecule has 3 N–H and O–H groups in total. The van der Waals surface area contributed by atoms with Gasteiger partial charge in [-0.2, -0.15) is 0 Å². The number of ether oxygens (including phenoxy) is 1. The minimum Gasteiger partial charge on any atom is -0.448 e. The van der Waals surface area contributed by atoms with Crippen LogP contribution in [0.3, 0.4) is 0 Å². The predicted molar refractivity (Wildman–Crippen MR) is 92.7 cm³/mol. The van der Waals surface area contributed by atoms with Crippen LogP contribution in [0.2, 0.25) is 0 Å². The van der Waals surface area contributed by atoms with Crippen molar-refractivity contribution in [1.29, 1.82) is 0 Å². The molecule has 6 nitrogen and oxygen atoms in total. The molecule has 0 bridgehead atoms. The largest absolute Gasteiger partial charge is 0.448 e. The molecule has 126 valence electrons. The Morgan fingerprint density at radius 3 is 2.83 bits per heavy atom. The molecule has 0 unspecified atom stereocenters. The highest BCUT2D eigenvalue weighted by molar-refractivity contribution is 7.15. The SMILES string of the molecule is C[C@H](OC(=O)c1cc2c(s1)CCC2)C(=O)Nc1sccc1C(N)=O. The van der Waals surface area contributed by atoms with Crippen LogP contribution in [0.5, 0.6) is 0 Å². The van der Waals surface area contributed by atoms with Crippen LogP contribution in [0.25, 0.3) is 0 Å². The van der Waals surface area contributed by atoms with Crippen molar-refractivity contribution < 1.29 is 19.1 Å². The van der Waals surface area contributed by atoms with Crippen molar-refractivity contribution in [3.05, 3.63) is 38.4 Å². The van der Waals surface area contributed by atoms with E-state index in [1.807, 2.05) is 6.07 Å². The van der Waals surface area contributed by atoms with Crippen LogP contribution < -0.4 is 11.1 Å². The number of aryl methyl sites for hydroxylation is 2. The van der Waals surface area contributed by atoms with Crippen molar-refractivity contribution in [1.82, 2.24) is 0 Å². The minimum absolute atomic E-state index is 0.238. The van der Waals surface area contributed by atoms with Gasteiger partial charge in [-0.05, 0) is 49.3 Å². The zero-order chi connectivity index (χ0) is 17.3. The Labute approximate surface area is 146 Å². The average Bonchev–Trinajstić information content (AvgIpc) is 3.21. The molecule has 0 aromatic carbocycles. The Morgan fingerprint density at radius 1 is 1.33 bits per heavy atom. The van der Waals surface area contributed by atoms with Gasteiger partial charge in [0, 0.05) is 4.88 Å². The quantitative estimate of drug-likeness (QED) is 0.797. The van der Waals surface area contributed by atoms with Gasteiger partial charge < -0.3 is 15.8 Å². The highest BCUT2D eigenvalue weighted by atomic mass is 32.1. The first kappa shape index (κ1) is 16.7. The summed E-state index contributed by atoms with van der Waals surface area (Å²) in [5, 5.41) is 4.58. The summed E-state index contributed by atoms with van der Waals surface area (Å²) < 4.78 is 5.23. The number of primary amides is 1. The van der Waals surface area contributed by atoms with Crippen LogP contribution in [0, 0.1) is 0 Å². The lowest BCUT2D eigenvalue weighted by Crippen LogP contribution is -2.30. The van der Waals surface area contributed by atoms with Crippen molar-refractivity contribution in [2.24, 2.45) is 5.73 Å². The molecule has 0 spiro atoms. The second-order valence-electron chi connectivity index (χ2n) is 5.48. The summed E-state index contributed by atoms with van der Waals surface area (Å²) in [6.07, 6.45) is 2.14. The Bertz CT molecular complexity index is 787. The molecule has 0 radical (unpaired) electrons. The molecule has 0 aliphatic heterocycles. The number of nitrogens with one attached hydrogen (secondary N) is 1. The topological polar surface area (TPSA) is 98.5 Å². The van der Waals surface area contributed by atoms with E-state index in [1.54, 1.807) is 5.38 Å². The van der Waals surface area contributed by atoms with Gasteiger partial charge >= 0.3 is 5.97 Å². The number of amides is 2. The van der Waals surface area contributed by atoms with Gasteiger partial charge in [0.2, 0.25) is 0 Å². The van der Waals surface area contributed by atoms with E-state index >= 15 is 0 Å². The van der Waals surface area contributed by atoms with Gasteiger partial charge in [0.15, 0.2) is 6.10 Å². The molecule has 8 heteroatoms. The van der Waals surface area contributed by atoms with E-state index in [4.69, 9.17) is 10.5 Å². The standard InChI is InChI=1S/C16H16N2O4S2/c1-8(14(20)18-15-10(13(17)19)5-6-23-15)22-16(21)12-7-9-3-2-4-11(9)24-12/h5-8H,2-4H2,1H3,(H2,17,19)(H,18,20)/t8-/m0/s1. The summed E-state index contributed by atoms with van der Waals surface area (Å²) in [5.74, 6) is -1.62. The summed E-state index contributed by atoms with van der Waals surface area (Å²) in [6.45, 7) is 1.49. The van der Waals surface area contributed by atoms with Crippen LogP contribution >= 0.6 is 22.7 Å². The van der Waals surface area contributed by atoms with E-state index < -0.39 is 23.9 Å². The van der Waals surface area contributed by atoms with Gasteiger partial charge in [-0.1, -0.05) is 0 Å². The van der Waals surface area contributed by atoms with Crippen LogP contribution in [0.15, 0.2) is 17.5 Å². The summed E-state index contributed by atoms with van der Waals surface area (Å²) in [4.78, 5) is 37.3. The Hall–Kier alpha value is -2.19. The minimum atomic E-state index is -0.975. The number of esters is 1. The number of thiophene rings is 2. The molecular weight excluding hydrogens is 348 g/mol. The third-order valence-corrected chi connectivity index (χ3v) is 5.82. The Balaban J connectivity index is 1.62. The van der Waals surface area contributed by atoms with E-state index in [1.165, 1.54) is 46.1 Å². The molecule has 3 rings (SSSR count). The van der Waals surface area contributed by atoms with Crippen LogP contribution in [-0.2, 0) is 22.4 Å². The molecular formula is C16H16N2O4S2. The van der Waals surface area contributed by atoms with Gasteiger partial charge in [-0.3, -0.25) is 9.59 Å². The highest BCUT2D eigenvalue weighted by Gasteiger charge is 2.24. The molecule has 0 saturated carbocycles. The fourth-order valence-corrected chi connectivity index (χ4v) is 4.45. The third-order valence-electron chi connectivity index (χ3n) is 3.77. The number of anilines is 1. The van der Waals surface area contributed by atoms with Gasteiger partial charge in [-0.25, -0.2) is 4.79 Å². The average molecular weight is 364 g/mol. The van der Waals surface area contributed by atoms with Crippen molar-refractivity contribution >= 4 is 45.5 Å². The smallest absolute Gasteiger partial charge is 0.349 e. The molecule has 1 aliphatic rings. The summed E-state index contributed by atoms with van der Waals surface area (Å²) in [7, 11) is 0. The molecule has 2 aromatic heterocycles. The Kier molecular flexibility index (Phi) is 4.68. The molecule has 24 heavy (non-hydrogen) atoms. The first-order valence-electron chi connectivity index (χ1n) is 7.46. The zero-order valence-electron chi connectivity index (χ0n) is 13.0. The van der Waals surface area contributed by atoms with E-state index in [-0.39, 0.29) is 5.56 Å². The van der Waals surface area contributed by atoms with Crippen LogP contribution in [0.1, 0.15) is 43.8 Å². The number of rotatable bonds is 5. The van der Waals surface area contributed by atoms with E-state index in [0.717, 1.165) is 19.3 Å². The van der Waals surface area contributed by atoms with Crippen LogP contribution in [-0.4, -0.2) is 23.9 Å². The van der Waals surface area contributed by atoms with Gasteiger partial charge in [-0.15, -0.1) is 22.7 Å². The lowest BCUT2D eigenvalue weighted by Gasteiger charge is -2.12. The summed E-state index contributed by atoms with van der Waals surface area (Å²) >= 11 is 2.61. The summed E-state index contributed by atoms with van der Waals surface area (Å²) in [5.41, 5.74) is 6.68. The number of carbonyl (C=O) groups is 3. The number of hydrogen-bond donors (Lipinski definition) is 2. The second-order valence-corrected chi connectivity index (χ2v) is 7.53. The third kappa shape index (κ3) is 3.34. The maximum Gasteiger partial charge on any atom is 0.349 e. The lowest BCUT2D eigenvalue weighted by atomic mass is 10.2. The van der Waals surface area contributed by atoms with Gasteiger partial charge in [0.1, 0.15) is 9.88 Å². The summed E-state index contributed by atoms with van der Waals surface area (Å²) in [6, 6.07) is 3.39. The molecule has 0 saturated heterocycles. The van der Waals surface area contributed by atoms with E-state index in [2.05, 4.69) is 5.32 Å². The second kappa shape index (κ2) is 6.74. The number of carbonyl (C=O) groups excluding carboxylic acids is 3. The molecule has 2 amide bonds. The lowest BCUT2D eigenvalue weighted by molar-refractivity contribution is -0.123. The first-order chi connectivity index (χ1) is 11.5. The molecule has 1 aliphatic carbocycles. The van der Waals surface area contributed by atoms with Crippen molar-refractivity contribution in [2.75, 3.05) is 5.32 Å². The van der Waals surface area contributed by atoms with Crippen molar-refractivity contribution in [3.63, 3.8) is 0 Å². The molecule has 2 heterocycles. The van der Waals surface area contributed by atoms with Crippen molar-refractivity contribution in [2.45, 2.75) is 32.3 Å². The van der Waals surface area contributed by atoms with Crippen molar-refractivity contribution in [3.8, 4) is 0 Å². The maximum absolute atomic E-state index is 12.2. The molecule has 2 aromatic rings. The predicted octanol–water partition coefficient (Wildman–Crippen LogP) is 2.58. The van der Waals surface area contributed by atoms with E-state index in [0.29, 0.717) is 9.88 Å². The number of nitrogens with two attached hydrogens (primary N) is 1. The Morgan fingerprint density at radius 2 is 2.12 bits per heavy atom. The maximum atomic E-state index is 12.2. The monoisotopic (exact) mass is 364 g/mol. The van der Waals surface area contributed by atoms with E-state index in [9.17, 15) is 14.4 Å². The number of fused-ring (bicyclic) bond motifs is 1. The number of hydrogen-bond acceptors (Lipinski definition) is 6. The first-order valence-corrected chi connectivity index (χ1v) is 9.16. The molecule has 1 atom stereocenters.